The highest BCUT2D eigenvalue weighted by Crippen LogP contribution is 2.32. The standard InChI is InChI=1S/C26H49NO6/c1-5-9-10-11-12-13-14-15-16-17-18-19-20-27(21(6-2)24(28)29,22(7-3)25(30)31)23(8-4)26(32)33/h21-23H,5-20H2,1-4H3,(H2-,28,29,30,31,32,33)/p+1. The van der Waals surface area contributed by atoms with Crippen molar-refractivity contribution in [3.8, 4) is 0 Å². The van der Waals surface area contributed by atoms with E-state index in [4.69, 9.17) is 0 Å². The molecule has 33 heavy (non-hydrogen) atoms. The van der Waals surface area contributed by atoms with Crippen LogP contribution in [0.5, 0.6) is 0 Å². The van der Waals surface area contributed by atoms with Crippen LogP contribution in [0.2, 0.25) is 0 Å². The number of carbonyl (C=O) groups is 3. The molecule has 7 heteroatoms. The van der Waals surface area contributed by atoms with E-state index in [2.05, 4.69) is 6.92 Å². The first-order valence-corrected chi connectivity index (χ1v) is 13.3. The molecular weight excluding hydrogens is 422 g/mol. The maximum Gasteiger partial charge on any atom is 0.362 e. The van der Waals surface area contributed by atoms with Gasteiger partial charge in [-0.25, -0.2) is 14.4 Å². The molecule has 0 aromatic carbocycles. The molecular formula is C26H50NO6+. The van der Waals surface area contributed by atoms with E-state index in [1.807, 2.05) is 0 Å². The van der Waals surface area contributed by atoms with E-state index in [0.717, 1.165) is 19.3 Å². The Morgan fingerprint density at radius 3 is 1.03 bits per heavy atom. The first-order valence-electron chi connectivity index (χ1n) is 13.3. The van der Waals surface area contributed by atoms with E-state index >= 15 is 0 Å². The third kappa shape index (κ3) is 10.0. The number of aliphatic carboxylic acids is 3. The summed E-state index contributed by atoms with van der Waals surface area (Å²) in [4.78, 5) is 36.5. The zero-order valence-corrected chi connectivity index (χ0v) is 21.6. The molecule has 194 valence electrons. The van der Waals surface area contributed by atoms with Crippen molar-refractivity contribution in [2.24, 2.45) is 0 Å². The number of carboxylic acid groups (broad SMARTS) is 3. The third-order valence-electron chi connectivity index (χ3n) is 7.16. The summed E-state index contributed by atoms with van der Waals surface area (Å²) in [6, 6.07) is -3.17. The van der Waals surface area contributed by atoms with Crippen LogP contribution in [0.3, 0.4) is 0 Å². The van der Waals surface area contributed by atoms with Crippen LogP contribution in [-0.2, 0) is 14.4 Å². The molecule has 7 nitrogen and oxygen atoms in total. The molecule has 0 aliphatic carbocycles. The van der Waals surface area contributed by atoms with Crippen LogP contribution in [-0.4, -0.2) is 62.4 Å². The van der Waals surface area contributed by atoms with Crippen molar-refractivity contribution in [1.29, 1.82) is 0 Å². The maximum atomic E-state index is 12.2. The van der Waals surface area contributed by atoms with Crippen molar-refractivity contribution in [3.05, 3.63) is 0 Å². The second kappa shape index (κ2) is 17.8. The number of rotatable bonds is 22. The topological polar surface area (TPSA) is 112 Å². The molecule has 0 spiro atoms. The van der Waals surface area contributed by atoms with Crippen LogP contribution >= 0.6 is 0 Å². The Kier molecular flexibility index (Phi) is 16.9. The summed E-state index contributed by atoms with van der Waals surface area (Å²) in [6.07, 6.45) is 14.4. The number of unbranched alkanes of at least 4 members (excludes halogenated alkanes) is 11. The second-order valence-corrected chi connectivity index (χ2v) is 9.39. The van der Waals surface area contributed by atoms with Gasteiger partial charge in [0, 0.05) is 19.3 Å². The maximum absolute atomic E-state index is 12.2. The highest BCUT2D eigenvalue weighted by atomic mass is 16.4. The Labute approximate surface area is 201 Å². The van der Waals surface area contributed by atoms with Gasteiger partial charge in [-0.3, -0.25) is 4.48 Å². The Balaban J connectivity index is 5.13. The van der Waals surface area contributed by atoms with Crippen LogP contribution in [0.4, 0.5) is 0 Å². The van der Waals surface area contributed by atoms with Gasteiger partial charge in [0.15, 0.2) is 18.1 Å². The van der Waals surface area contributed by atoms with Crippen LogP contribution in [0.1, 0.15) is 124 Å². The van der Waals surface area contributed by atoms with Gasteiger partial charge in [-0.2, -0.15) is 0 Å². The number of hydrogen-bond donors (Lipinski definition) is 3. The molecule has 0 bridgehead atoms. The molecule has 3 N–H and O–H groups in total. The minimum atomic E-state index is -1.11. The van der Waals surface area contributed by atoms with Crippen molar-refractivity contribution in [3.63, 3.8) is 0 Å². The summed E-state index contributed by atoms with van der Waals surface area (Å²) in [5.74, 6) is -3.34. The minimum Gasteiger partial charge on any atom is -0.477 e. The van der Waals surface area contributed by atoms with Gasteiger partial charge in [-0.05, 0) is 12.8 Å². The van der Waals surface area contributed by atoms with Gasteiger partial charge in [0.05, 0.1) is 6.54 Å². The van der Waals surface area contributed by atoms with Crippen molar-refractivity contribution >= 4 is 17.9 Å². The highest BCUT2D eigenvalue weighted by molar-refractivity contribution is 5.78. The van der Waals surface area contributed by atoms with E-state index in [-0.39, 0.29) is 25.8 Å². The van der Waals surface area contributed by atoms with Crippen molar-refractivity contribution < 1.29 is 34.2 Å². The van der Waals surface area contributed by atoms with E-state index in [9.17, 15) is 29.7 Å². The predicted octanol–water partition coefficient (Wildman–Crippen LogP) is 6.09. The van der Waals surface area contributed by atoms with Gasteiger partial charge >= 0.3 is 17.9 Å². The number of quaternary nitrogens is 1. The predicted molar refractivity (Wildman–Crippen MR) is 131 cm³/mol. The Morgan fingerprint density at radius 2 is 0.788 bits per heavy atom. The molecule has 0 fully saturated rings. The molecule has 3 atom stereocenters. The molecule has 0 aliphatic heterocycles. The highest BCUT2D eigenvalue weighted by Gasteiger charge is 2.55. The number of nitrogens with zero attached hydrogens (tertiary/aromatic N) is 1. The zero-order valence-electron chi connectivity index (χ0n) is 21.6. The summed E-state index contributed by atoms with van der Waals surface area (Å²) >= 11 is 0. The fourth-order valence-electron chi connectivity index (χ4n) is 5.51. The third-order valence-corrected chi connectivity index (χ3v) is 7.16. The Morgan fingerprint density at radius 1 is 0.515 bits per heavy atom. The molecule has 3 unspecified atom stereocenters. The lowest BCUT2D eigenvalue weighted by Gasteiger charge is -2.49. The lowest BCUT2D eigenvalue weighted by Crippen LogP contribution is -2.72. The van der Waals surface area contributed by atoms with Crippen LogP contribution < -0.4 is 0 Å². The fraction of sp³-hybridized carbons (Fsp3) is 0.885. The van der Waals surface area contributed by atoms with Gasteiger partial charge in [-0.15, -0.1) is 0 Å². The van der Waals surface area contributed by atoms with E-state index in [1.54, 1.807) is 20.8 Å². The lowest BCUT2D eigenvalue weighted by molar-refractivity contribution is -0.973. The van der Waals surface area contributed by atoms with Gasteiger partial charge in [0.25, 0.3) is 0 Å². The SMILES string of the molecule is CCCCCCCCCCCCCC[N+](C(CC)C(=O)O)(C(CC)C(=O)O)C(CC)C(=O)O. The van der Waals surface area contributed by atoms with Gasteiger partial charge in [-0.1, -0.05) is 91.9 Å². The van der Waals surface area contributed by atoms with Gasteiger partial charge < -0.3 is 15.3 Å². The molecule has 0 aliphatic rings. The summed E-state index contributed by atoms with van der Waals surface area (Å²) < 4.78 is -0.402. The Hall–Kier alpha value is -1.63. The van der Waals surface area contributed by atoms with Crippen LogP contribution in [0.25, 0.3) is 0 Å². The van der Waals surface area contributed by atoms with Crippen LogP contribution in [0.15, 0.2) is 0 Å². The first-order chi connectivity index (χ1) is 15.7. The van der Waals surface area contributed by atoms with Gasteiger partial charge in [0.2, 0.25) is 0 Å². The number of carboxylic acids is 3. The fourth-order valence-corrected chi connectivity index (χ4v) is 5.51. The smallest absolute Gasteiger partial charge is 0.362 e. The molecule has 0 rings (SSSR count). The van der Waals surface area contributed by atoms with Crippen LogP contribution in [0, 0.1) is 0 Å². The van der Waals surface area contributed by atoms with E-state index < -0.39 is 40.5 Å². The van der Waals surface area contributed by atoms with Crippen molar-refractivity contribution in [2.75, 3.05) is 6.54 Å². The average Bonchev–Trinajstić information content (AvgIpc) is 2.75. The zero-order chi connectivity index (χ0) is 25.3. The summed E-state index contributed by atoms with van der Waals surface area (Å²) in [5, 5.41) is 29.9. The normalized spacial score (nSPS) is 16.0. The first kappa shape index (κ1) is 31.4. The molecule has 0 radical (unpaired) electrons. The molecule has 0 saturated carbocycles. The minimum absolute atomic E-state index is 0.196. The molecule has 0 aromatic heterocycles. The summed E-state index contributed by atoms with van der Waals surface area (Å²) in [5.41, 5.74) is 0. The summed E-state index contributed by atoms with van der Waals surface area (Å²) in [6.45, 7) is 7.60. The van der Waals surface area contributed by atoms with E-state index in [1.165, 1.54) is 51.4 Å². The number of hydrogen-bond acceptors (Lipinski definition) is 3. The molecule has 0 heterocycles. The molecule has 0 aromatic rings. The summed E-state index contributed by atoms with van der Waals surface area (Å²) in [7, 11) is 0. The average molecular weight is 473 g/mol. The second-order valence-electron chi connectivity index (χ2n) is 9.39. The molecule has 0 saturated heterocycles. The monoisotopic (exact) mass is 472 g/mol. The molecule has 0 amide bonds. The van der Waals surface area contributed by atoms with Gasteiger partial charge in [0.1, 0.15) is 0 Å². The Bertz CT molecular complexity index is 510. The van der Waals surface area contributed by atoms with E-state index in [0.29, 0.717) is 6.42 Å². The van der Waals surface area contributed by atoms with Crippen molar-refractivity contribution in [2.45, 2.75) is 142 Å². The largest absolute Gasteiger partial charge is 0.477 e. The van der Waals surface area contributed by atoms with Crippen molar-refractivity contribution in [1.82, 2.24) is 0 Å². The quantitative estimate of drug-likeness (QED) is 0.130. The lowest BCUT2D eigenvalue weighted by atomic mass is 9.93.